The number of rotatable bonds is 16. The highest BCUT2D eigenvalue weighted by Gasteiger charge is 2.59. The summed E-state index contributed by atoms with van der Waals surface area (Å²) in [7, 11) is 0. The Hall–Kier alpha value is -2.14. The molecule has 0 bridgehead atoms. The molecule has 6 fully saturated rings. The number of hydrogen-bond acceptors (Lipinski definition) is 29. The summed E-state index contributed by atoms with van der Waals surface area (Å²) < 4.78 is 65.4. The van der Waals surface area contributed by atoms with Gasteiger partial charge < -0.3 is 144 Å². The van der Waals surface area contributed by atoms with Crippen LogP contribution in [0.5, 0.6) is 0 Å². The van der Waals surface area contributed by atoms with Crippen LogP contribution < -0.4 is 10.6 Å². The number of carbonyl (C=O) groups is 2. The summed E-state index contributed by atoms with van der Waals surface area (Å²) in [5, 5.41) is 177. The predicted octanol–water partition coefficient (Wildman–Crippen LogP) is -11.8. The van der Waals surface area contributed by atoms with Crippen LogP contribution in [-0.2, 0) is 61.7 Å². The third-order valence-corrected chi connectivity index (χ3v) is 13.2. The first-order chi connectivity index (χ1) is 33.5. The summed E-state index contributed by atoms with van der Waals surface area (Å²) in [6.07, 6.45) is -52.8. The molecule has 6 aliphatic heterocycles. The van der Waals surface area contributed by atoms with Gasteiger partial charge in [0.25, 0.3) is 0 Å². The Morgan fingerprint density at radius 3 is 1.28 bits per heavy atom. The second-order valence-electron chi connectivity index (χ2n) is 18.2. The van der Waals surface area contributed by atoms with Gasteiger partial charge in [-0.05, 0) is 13.8 Å². The van der Waals surface area contributed by atoms with Crippen molar-refractivity contribution in [3.8, 4) is 0 Å². The van der Waals surface area contributed by atoms with Crippen molar-refractivity contribution in [3.63, 3.8) is 0 Å². The summed E-state index contributed by atoms with van der Waals surface area (Å²) in [6.45, 7) is 0.597. The number of hydrogen-bond donors (Lipinski definition) is 18. The van der Waals surface area contributed by atoms with E-state index < -0.39 is 222 Å². The maximum atomic E-state index is 13.1. The molecule has 412 valence electrons. The zero-order valence-electron chi connectivity index (χ0n) is 38.6. The Balaban J connectivity index is 1.48. The van der Waals surface area contributed by atoms with Gasteiger partial charge in [-0.2, -0.15) is 0 Å². The number of amides is 2. The smallest absolute Gasteiger partial charge is 0.217 e. The summed E-state index contributed by atoms with van der Waals surface area (Å²) in [6, 6.07) is -3.56. The molecule has 0 spiro atoms. The van der Waals surface area contributed by atoms with E-state index >= 15 is 0 Å². The predicted molar refractivity (Wildman–Crippen MR) is 220 cm³/mol. The molecule has 30 atom stereocenters. The Labute approximate surface area is 403 Å². The van der Waals surface area contributed by atoms with Crippen LogP contribution in [0, 0.1) is 0 Å². The van der Waals surface area contributed by atoms with Crippen LogP contribution in [0.3, 0.4) is 0 Å². The molecule has 6 saturated heterocycles. The van der Waals surface area contributed by atoms with E-state index in [1.807, 2.05) is 0 Å². The summed E-state index contributed by atoms with van der Waals surface area (Å²) >= 11 is 0. The van der Waals surface area contributed by atoms with Crippen molar-refractivity contribution in [3.05, 3.63) is 0 Å². The second kappa shape index (κ2) is 24.7. The van der Waals surface area contributed by atoms with Crippen molar-refractivity contribution in [1.82, 2.24) is 10.6 Å². The van der Waals surface area contributed by atoms with Crippen molar-refractivity contribution >= 4 is 11.8 Å². The van der Waals surface area contributed by atoms with Gasteiger partial charge in [-0.3, -0.25) is 9.59 Å². The molecule has 0 aromatic carbocycles. The fourth-order valence-corrected chi connectivity index (χ4v) is 9.17. The molecule has 71 heavy (non-hydrogen) atoms. The van der Waals surface area contributed by atoms with Crippen LogP contribution in [0.2, 0.25) is 0 Å². The van der Waals surface area contributed by atoms with Crippen LogP contribution in [0.1, 0.15) is 27.7 Å². The first-order valence-corrected chi connectivity index (χ1v) is 22.8. The van der Waals surface area contributed by atoms with E-state index in [1.54, 1.807) is 0 Å². The molecule has 31 nitrogen and oxygen atoms in total. The largest absolute Gasteiger partial charge is 0.394 e. The summed E-state index contributed by atoms with van der Waals surface area (Å²) in [4.78, 5) is 25.5. The maximum absolute atomic E-state index is 13.1. The SMILES string of the molecule is CC(=O)N[C@H]1[C@H](O[C@H]2[C@@H](O)[C@@H](CO)O[C@@H](O[C@@H]3[C@@H](NC(C)=O)[C@H](O[C@H]4[C@@H](O)[C@@H](CO)OC(O)[C@@H]4O)O[C@H](CO)[C@H]3O[C@@H]3O[C@@H](C)[C@@H](O)[C@@H](O)[C@@H]3O)[C@@H]2O[C@@H]2O[C@@H](C)[C@@H](O)[C@@H](O)[C@@H]2O)O[C@H](CO)[C@H](O)[C@@H]1O. The summed E-state index contributed by atoms with van der Waals surface area (Å²) in [5.74, 6) is -1.70. The molecule has 0 aromatic heterocycles. The molecule has 0 radical (unpaired) electrons. The highest BCUT2D eigenvalue weighted by Crippen LogP contribution is 2.39. The molecule has 0 aliphatic carbocycles. The molecule has 6 aliphatic rings. The number of carbonyl (C=O) groups excluding carboxylic acids is 2. The third kappa shape index (κ3) is 12.4. The molecular formula is C40H68N2O29. The molecule has 18 N–H and O–H groups in total. The number of nitrogens with one attached hydrogen (secondary N) is 2. The van der Waals surface area contributed by atoms with Gasteiger partial charge in [0.2, 0.25) is 11.8 Å². The average Bonchev–Trinajstić information content (AvgIpc) is 3.33. The van der Waals surface area contributed by atoms with Gasteiger partial charge in [-0.15, -0.1) is 0 Å². The van der Waals surface area contributed by atoms with Crippen molar-refractivity contribution in [2.45, 2.75) is 212 Å². The zero-order chi connectivity index (χ0) is 52.5. The topological polar surface area (TPSA) is 483 Å². The zero-order valence-corrected chi connectivity index (χ0v) is 38.6. The van der Waals surface area contributed by atoms with Gasteiger partial charge in [0, 0.05) is 13.8 Å². The lowest BCUT2D eigenvalue weighted by atomic mass is 9.93. The Morgan fingerprint density at radius 1 is 0.366 bits per heavy atom. The van der Waals surface area contributed by atoms with Gasteiger partial charge in [0.05, 0.1) is 38.6 Å². The van der Waals surface area contributed by atoms with E-state index in [9.17, 15) is 91.3 Å². The monoisotopic (exact) mass is 1040 g/mol. The minimum absolute atomic E-state index is 0.800. The lowest BCUT2D eigenvalue weighted by molar-refractivity contribution is -0.407. The summed E-state index contributed by atoms with van der Waals surface area (Å²) in [5.41, 5.74) is 0. The van der Waals surface area contributed by atoms with Crippen LogP contribution in [0.4, 0.5) is 0 Å². The van der Waals surface area contributed by atoms with Crippen LogP contribution in [0.25, 0.3) is 0 Å². The maximum Gasteiger partial charge on any atom is 0.217 e. The average molecular weight is 1040 g/mol. The van der Waals surface area contributed by atoms with E-state index in [4.69, 9.17) is 52.1 Å². The number of ether oxygens (including phenoxy) is 11. The lowest BCUT2D eigenvalue weighted by Crippen LogP contribution is -2.72. The molecule has 0 saturated carbocycles. The highest BCUT2D eigenvalue weighted by molar-refractivity contribution is 5.73. The van der Waals surface area contributed by atoms with E-state index in [2.05, 4.69) is 10.6 Å². The van der Waals surface area contributed by atoms with E-state index in [0.717, 1.165) is 13.8 Å². The fourth-order valence-electron chi connectivity index (χ4n) is 9.17. The molecule has 1 unspecified atom stereocenters. The standard InChI is InChI=1S/C40H68N2O29/c1-9-19(49)25(55)27(57)38(61-9)67-30-16(8-46)66-37(69-32-22(52)14(6-44)63-35(60)29(32)59)18(42-12(4)48)31(30)68-40-34(71-39-28(58)26(56)20(50)10(2)62-39)33(23(53)15(7-45)65-40)70-36-17(41-11(3)47)24(54)21(51)13(5-43)64-36/h9-10,13-40,43-46,49-60H,5-8H2,1-4H3,(H,41,47)(H,42,48)/t9-,10-,13+,14+,15+,16+,17+,18+,19+,20+,21-,22-,23-,24+,25+,26+,27-,28-,29+,30+,31+,32-,33-,34+,35?,36-,37-,38-,39-,40-/m0/s1. The van der Waals surface area contributed by atoms with Crippen molar-refractivity contribution in [2.24, 2.45) is 0 Å². The second-order valence-corrected chi connectivity index (χ2v) is 18.2. The van der Waals surface area contributed by atoms with Gasteiger partial charge >= 0.3 is 0 Å². The van der Waals surface area contributed by atoms with Crippen molar-refractivity contribution < 1.29 is 143 Å². The van der Waals surface area contributed by atoms with E-state index in [-0.39, 0.29) is 0 Å². The molecule has 31 heteroatoms. The minimum atomic E-state index is -2.21. The van der Waals surface area contributed by atoms with Gasteiger partial charge in [-0.1, -0.05) is 0 Å². The molecule has 2 amide bonds. The normalized spacial score (nSPS) is 50.8. The van der Waals surface area contributed by atoms with Crippen molar-refractivity contribution in [1.29, 1.82) is 0 Å². The highest BCUT2D eigenvalue weighted by atomic mass is 16.8. The fraction of sp³-hybridized carbons (Fsp3) is 0.950. The molecule has 0 aromatic rings. The quantitative estimate of drug-likeness (QED) is 0.0682. The Bertz CT molecular complexity index is 1710. The first-order valence-electron chi connectivity index (χ1n) is 22.8. The molecular weight excluding hydrogens is 972 g/mol. The molecule has 6 rings (SSSR count). The Morgan fingerprint density at radius 2 is 0.761 bits per heavy atom. The van der Waals surface area contributed by atoms with Crippen LogP contribution in [0.15, 0.2) is 0 Å². The molecule has 6 heterocycles. The number of aliphatic hydroxyl groups is 16. The van der Waals surface area contributed by atoms with Gasteiger partial charge in [-0.25, -0.2) is 0 Å². The van der Waals surface area contributed by atoms with Crippen LogP contribution >= 0.6 is 0 Å². The van der Waals surface area contributed by atoms with E-state index in [0.29, 0.717) is 0 Å². The van der Waals surface area contributed by atoms with Crippen molar-refractivity contribution in [2.75, 3.05) is 26.4 Å². The van der Waals surface area contributed by atoms with Gasteiger partial charge in [0.1, 0.15) is 134 Å². The lowest BCUT2D eigenvalue weighted by Gasteiger charge is -2.53. The number of aliphatic hydroxyl groups excluding tert-OH is 16. The minimum Gasteiger partial charge on any atom is -0.394 e. The Kier molecular flexibility index (Phi) is 20.2. The van der Waals surface area contributed by atoms with E-state index in [1.165, 1.54) is 13.8 Å². The third-order valence-electron chi connectivity index (χ3n) is 13.2. The van der Waals surface area contributed by atoms with Crippen LogP contribution in [-0.4, -0.2) is 304 Å². The van der Waals surface area contributed by atoms with Gasteiger partial charge in [0.15, 0.2) is 37.7 Å². The first kappa shape index (κ1) is 58.1.